The van der Waals surface area contributed by atoms with Crippen molar-refractivity contribution < 1.29 is 88.0 Å². The molecule has 6 aliphatic rings. The van der Waals surface area contributed by atoms with Gasteiger partial charge < -0.3 is 70.7 Å². The average Bonchev–Trinajstić information content (AvgIpc) is 1.44. The number of esters is 1. The number of methoxy groups -OCH3 is 2. The second-order valence-corrected chi connectivity index (χ2v) is 26.5. The fourth-order valence-electron chi connectivity index (χ4n) is 15.4. The second kappa shape index (κ2) is 25.8. The van der Waals surface area contributed by atoms with Crippen LogP contribution in [-0.2, 0) is 65.1 Å². The summed E-state index contributed by atoms with van der Waals surface area (Å²) in [6, 6.07) is 4.83. The summed E-state index contributed by atoms with van der Waals surface area (Å²) in [5, 5.41) is 74.3. The van der Waals surface area contributed by atoms with Crippen LogP contribution in [0.4, 0.5) is 10.5 Å². The Morgan fingerprint density at radius 2 is 1.53 bits per heavy atom. The van der Waals surface area contributed by atoms with Crippen LogP contribution in [-0.4, -0.2) is 219 Å². The van der Waals surface area contributed by atoms with Gasteiger partial charge in [-0.25, -0.2) is 15.0 Å². The Bertz CT molecular complexity index is 3280. The zero-order valence-electron chi connectivity index (χ0n) is 49.7. The number of fused-ring (bicyclic) bond motifs is 6. The van der Waals surface area contributed by atoms with Crippen molar-refractivity contribution in [2.24, 2.45) is 11.3 Å². The van der Waals surface area contributed by atoms with E-state index in [9.17, 15) is 64.2 Å². The van der Waals surface area contributed by atoms with E-state index in [4.69, 9.17) is 14.2 Å². The number of ether oxygens (including phenoxy) is 3. The molecule has 1 spiro atoms. The number of likely N-dealkylation sites (N-methyl/N-ethyl adjacent to an activating group) is 1. The first kappa shape index (κ1) is 65.3. The average molecular weight is 1260 g/mol. The number of H-pyrrole nitrogens is 1. The Labute approximate surface area is 514 Å². The van der Waals surface area contributed by atoms with Gasteiger partial charge in [0.25, 0.3) is 5.91 Å². The third-order valence-corrected chi connectivity index (χ3v) is 21.3. The number of aromatic nitrogens is 1. The van der Waals surface area contributed by atoms with Crippen LogP contribution in [0.2, 0.25) is 0 Å². The summed E-state index contributed by atoms with van der Waals surface area (Å²) in [5.74, 6) is -9.64. The van der Waals surface area contributed by atoms with Crippen molar-refractivity contribution >= 4 is 91.8 Å². The molecule has 12 N–H and O–H groups in total. The van der Waals surface area contributed by atoms with Gasteiger partial charge in [0.05, 0.1) is 38.7 Å². The number of aliphatic hydroxyl groups excluding tert-OH is 1. The molecule has 13 atom stereocenters. The third-order valence-electron chi connectivity index (χ3n) is 18.9. The highest BCUT2D eigenvalue weighted by molar-refractivity contribution is 8.76. The van der Waals surface area contributed by atoms with Crippen LogP contribution in [0.25, 0.3) is 10.9 Å². The van der Waals surface area contributed by atoms with Gasteiger partial charge in [0.1, 0.15) is 42.0 Å². The van der Waals surface area contributed by atoms with Crippen molar-refractivity contribution in [1.82, 2.24) is 41.6 Å². The zero-order valence-corrected chi connectivity index (χ0v) is 51.3. The largest absolute Gasteiger partial charge is 0.496 e. The Hall–Kier alpha value is -7.15. The molecule has 0 radical (unpaired) electrons. The Morgan fingerprint density at radius 3 is 2.18 bits per heavy atom. The molecule has 478 valence electrons. The van der Waals surface area contributed by atoms with Gasteiger partial charge >= 0.3 is 30.0 Å². The fourth-order valence-corrected chi connectivity index (χ4v) is 17.3. The van der Waals surface area contributed by atoms with Crippen LogP contribution in [0.1, 0.15) is 88.1 Å². The molecule has 3 fully saturated rings. The number of hydrogen-bond acceptors (Lipinski definition) is 20. The summed E-state index contributed by atoms with van der Waals surface area (Å²) in [4.78, 5) is 127. The third kappa shape index (κ3) is 11.6. The Morgan fingerprint density at radius 1 is 0.841 bits per heavy atom. The number of nitrogens with one attached hydrogen (secondary N) is 6. The number of amides is 5. The van der Waals surface area contributed by atoms with E-state index < -0.39 is 130 Å². The van der Waals surface area contributed by atoms with E-state index in [0.29, 0.717) is 86.7 Å². The maximum Gasteiger partial charge on any atom is 0.426 e. The number of carbonyl (C=O) groups excluding carboxylic acids is 6. The number of carboxylic acid groups (broad SMARTS) is 3. The highest BCUT2D eigenvalue weighted by atomic mass is 33.1. The summed E-state index contributed by atoms with van der Waals surface area (Å²) >= 11 is 0. The number of benzene rings is 2. The van der Waals surface area contributed by atoms with Crippen LogP contribution in [0, 0.1) is 11.3 Å². The monoisotopic (exact) mass is 1260 g/mol. The first-order chi connectivity index (χ1) is 41.8. The van der Waals surface area contributed by atoms with Gasteiger partial charge in [-0.05, 0) is 74.2 Å². The number of hydrazine groups is 1. The molecule has 29 heteroatoms. The molecule has 3 aromatic rings. The number of carbonyl (C=O) groups is 9. The van der Waals surface area contributed by atoms with Gasteiger partial charge in [-0.1, -0.05) is 65.8 Å². The fraction of sp³-hybridized carbons (Fsp3) is 0.576. The van der Waals surface area contributed by atoms with Crippen molar-refractivity contribution in [3.05, 3.63) is 70.9 Å². The molecule has 1 unspecified atom stereocenters. The number of carboxylic acids is 3. The number of piperidine rings is 1. The predicted octanol–water partition coefficient (Wildman–Crippen LogP) is 0.894. The summed E-state index contributed by atoms with van der Waals surface area (Å²) in [5.41, 5.74) is 1.09. The number of aliphatic hydroxyl groups is 3. The van der Waals surface area contributed by atoms with Crippen molar-refractivity contribution in [2.75, 3.05) is 77.0 Å². The normalized spacial score (nSPS) is 29.4. The molecule has 6 heterocycles. The number of para-hydroxylation sites is 1. The molecular weight excluding hydrogens is 1190 g/mol. The van der Waals surface area contributed by atoms with E-state index in [1.54, 1.807) is 11.9 Å². The van der Waals surface area contributed by atoms with E-state index in [1.165, 1.54) is 14.2 Å². The highest BCUT2D eigenvalue weighted by Crippen LogP contribution is 2.67. The summed E-state index contributed by atoms with van der Waals surface area (Å²) in [7, 11) is 6.56. The Kier molecular flexibility index (Phi) is 19.1. The number of aromatic amines is 1. The van der Waals surface area contributed by atoms with Crippen LogP contribution < -0.4 is 36.4 Å². The summed E-state index contributed by atoms with van der Waals surface area (Å²) < 4.78 is 17.7. The van der Waals surface area contributed by atoms with Crippen molar-refractivity contribution in [1.29, 1.82) is 0 Å². The molecular formula is C59H77N9O18S2. The highest BCUT2D eigenvalue weighted by Gasteiger charge is 2.79. The van der Waals surface area contributed by atoms with E-state index in [2.05, 4.69) is 41.6 Å². The van der Waals surface area contributed by atoms with Crippen LogP contribution in [0.15, 0.2) is 48.6 Å². The smallest absolute Gasteiger partial charge is 0.426 e. The molecule has 5 aliphatic heterocycles. The quantitative estimate of drug-likeness (QED) is 0.0218. The molecule has 27 nitrogen and oxygen atoms in total. The van der Waals surface area contributed by atoms with Crippen LogP contribution >= 0.6 is 21.6 Å². The number of anilines is 1. The van der Waals surface area contributed by atoms with E-state index in [1.807, 2.05) is 62.4 Å². The number of nitrogens with zero attached hydrogens (tertiary/aromatic N) is 3. The van der Waals surface area contributed by atoms with Crippen molar-refractivity contribution in [3.8, 4) is 5.75 Å². The molecule has 2 aromatic carbocycles. The van der Waals surface area contributed by atoms with Gasteiger partial charge in [0.15, 0.2) is 5.60 Å². The van der Waals surface area contributed by atoms with E-state index >= 15 is 9.59 Å². The molecule has 1 aromatic heterocycles. The summed E-state index contributed by atoms with van der Waals surface area (Å²) in [6.45, 7) is 7.30. The molecule has 88 heavy (non-hydrogen) atoms. The lowest BCUT2D eigenvalue weighted by atomic mass is 9.47. The maximum absolute atomic E-state index is 15.5. The molecule has 1 aliphatic carbocycles. The first-order valence-corrected chi connectivity index (χ1v) is 31.7. The lowest BCUT2D eigenvalue weighted by Gasteiger charge is -2.63. The number of hydrogen-bond donors (Lipinski definition) is 12. The second-order valence-electron chi connectivity index (χ2n) is 23.9. The molecule has 9 rings (SSSR count). The minimum absolute atomic E-state index is 0.0298. The molecule has 1 saturated carbocycles. The lowest BCUT2D eigenvalue weighted by Crippen LogP contribution is -2.82. The SMILES string of the molecule is CC[C@]1(O)C[C@H]2CN(CCc3c([nH]c4ccccc34)[C@@](C(=O)OC)(c3cc4c(cc3OC)N(C)[C@H]3[C@](O)(C(=O)NNC(=O)OCCSSC[C@H](NC(=O)[C@H](CC(=O)O)NC(=O)[C@H](CC(=O)O)NC(C)=O)C(=O)O)[C@H](O)[C@]5(CC)C=CCN6CC[C@]43[C@@H]65)C2)C1. The van der Waals surface area contributed by atoms with Gasteiger partial charge in [-0.3, -0.25) is 48.8 Å². The van der Waals surface area contributed by atoms with Crippen molar-refractivity contribution in [2.45, 2.75) is 130 Å². The van der Waals surface area contributed by atoms with Crippen LogP contribution in [0.5, 0.6) is 5.75 Å². The summed E-state index contributed by atoms with van der Waals surface area (Å²) in [6.07, 6.45) is 1.33. The van der Waals surface area contributed by atoms with Gasteiger partial charge in [0.2, 0.25) is 17.7 Å². The predicted molar refractivity (Wildman–Crippen MR) is 320 cm³/mol. The Balaban J connectivity index is 0.954. The van der Waals surface area contributed by atoms with Crippen molar-refractivity contribution in [3.63, 3.8) is 0 Å². The molecule has 5 amide bonds. The van der Waals surface area contributed by atoms with Gasteiger partial charge in [-0.15, -0.1) is 0 Å². The maximum atomic E-state index is 15.5. The first-order valence-electron chi connectivity index (χ1n) is 29.2. The zero-order chi connectivity index (χ0) is 63.8. The van der Waals surface area contributed by atoms with E-state index in [-0.39, 0.29) is 36.9 Å². The van der Waals surface area contributed by atoms with E-state index in [0.717, 1.165) is 45.0 Å². The minimum atomic E-state index is -2.67. The van der Waals surface area contributed by atoms with Crippen LogP contribution in [0.3, 0.4) is 0 Å². The number of aliphatic carboxylic acids is 3. The lowest BCUT2D eigenvalue weighted by molar-refractivity contribution is -0.204. The standard InChI is InChI=1S/C59H77N9O18S2/c1-7-55(82)26-32-27-58(53(80)85-6,45-34(14-18-67(28-32)30-55)33-12-9-10-13-37(33)61-45)36-22-35-41(25-42(36)84-5)66(4)50-57(35)16-19-68-17-11-15-56(8-2,49(57)68)51(78)59(50,83)52(79)64-65-54(81)86-20-21-87-88-29-40(48(76)77)63-47(75)39(24-44(72)73)62-46(74)38(23-43(70)71)60-31(3)69/h9-13,15,22,25,32,38-40,49-51,61,78,82-83H,7-8,14,16-21,23-24,26-30H2,1-6H3,(H,60,69)(H,62,74)(H,63,75)(H,64,79)(H,65,81)(H,70,71)(H,72,73)(H,76,77)/t32-,38+,39+,40+,49+,50-,51-,55+,56-,57-,58+,59-/m1/s1. The molecule has 2 saturated heterocycles. The molecule has 2 bridgehead atoms. The number of rotatable bonds is 22. The topological polar surface area (TPSA) is 388 Å². The minimum Gasteiger partial charge on any atom is -0.496 e. The van der Waals surface area contributed by atoms with Gasteiger partial charge in [0, 0.05) is 102 Å². The van der Waals surface area contributed by atoms with Gasteiger partial charge in [-0.2, -0.15) is 0 Å².